The highest BCUT2D eigenvalue weighted by molar-refractivity contribution is 5.92. The Balaban J connectivity index is 2.33. The van der Waals surface area contributed by atoms with E-state index in [4.69, 9.17) is 10.8 Å². The van der Waals surface area contributed by atoms with E-state index in [9.17, 15) is 4.79 Å². The molecule has 0 saturated carbocycles. The summed E-state index contributed by atoms with van der Waals surface area (Å²) in [7, 11) is 0. The van der Waals surface area contributed by atoms with Crippen LogP contribution < -0.4 is 10.6 Å². The minimum absolute atomic E-state index is 0.0119. The number of nitrogens with zero attached hydrogens (tertiary/aromatic N) is 3. The van der Waals surface area contributed by atoms with Gasteiger partial charge in [-0.2, -0.15) is 5.10 Å². The second-order valence-corrected chi connectivity index (χ2v) is 4.35. The minimum atomic E-state index is -1.08. The van der Waals surface area contributed by atoms with Crippen LogP contribution in [0.1, 0.15) is 24.2 Å². The van der Waals surface area contributed by atoms with Crippen molar-refractivity contribution in [3.63, 3.8) is 0 Å². The molecular formula is C14H18N4O2. The van der Waals surface area contributed by atoms with Gasteiger partial charge in [-0.1, -0.05) is 0 Å². The van der Waals surface area contributed by atoms with Crippen molar-refractivity contribution in [2.24, 2.45) is 0 Å². The van der Waals surface area contributed by atoms with Crippen LogP contribution in [-0.2, 0) is 0 Å². The fourth-order valence-corrected chi connectivity index (χ4v) is 2.12. The Hall–Kier alpha value is -2.50. The van der Waals surface area contributed by atoms with Crippen molar-refractivity contribution in [3.8, 4) is 5.69 Å². The molecule has 0 aliphatic carbocycles. The van der Waals surface area contributed by atoms with E-state index in [1.165, 1.54) is 10.9 Å². The summed E-state index contributed by atoms with van der Waals surface area (Å²) in [6, 6.07) is 7.71. The largest absolute Gasteiger partial charge is 0.477 e. The summed E-state index contributed by atoms with van der Waals surface area (Å²) in [6.45, 7) is 6.07. The number of nitrogens with two attached hydrogens (primary N) is 1. The van der Waals surface area contributed by atoms with Gasteiger partial charge < -0.3 is 15.7 Å². The summed E-state index contributed by atoms with van der Waals surface area (Å²) in [4.78, 5) is 13.2. The van der Waals surface area contributed by atoms with Crippen molar-refractivity contribution < 1.29 is 9.90 Å². The predicted octanol–water partition coefficient (Wildman–Crippen LogP) is 2.00. The summed E-state index contributed by atoms with van der Waals surface area (Å²) in [5, 5.41) is 13.0. The van der Waals surface area contributed by atoms with Gasteiger partial charge in [0.15, 0.2) is 0 Å². The molecule has 1 aromatic carbocycles. The average molecular weight is 274 g/mol. The fraction of sp³-hybridized carbons (Fsp3) is 0.286. The van der Waals surface area contributed by atoms with Gasteiger partial charge in [0.1, 0.15) is 11.4 Å². The molecule has 1 heterocycles. The third kappa shape index (κ3) is 2.45. The Labute approximate surface area is 117 Å². The van der Waals surface area contributed by atoms with Crippen LogP contribution in [-0.4, -0.2) is 33.9 Å². The molecule has 1 aromatic heterocycles. The number of nitrogen functional groups attached to an aromatic ring is 1. The first-order valence-electron chi connectivity index (χ1n) is 6.50. The molecule has 0 aliphatic heterocycles. The van der Waals surface area contributed by atoms with Gasteiger partial charge >= 0.3 is 5.97 Å². The molecule has 2 rings (SSSR count). The number of anilines is 2. The quantitative estimate of drug-likeness (QED) is 0.871. The van der Waals surface area contributed by atoms with Crippen LogP contribution in [0.3, 0.4) is 0 Å². The number of aromatic nitrogens is 2. The molecule has 0 aliphatic rings. The van der Waals surface area contributed by atoms with E-state index >= 15 is 0 Å². The normalized spacial score (nSPS) is 10.5. The third-order valence-electron chi connectivity index (χ3n) is 3.26. The maximum atomic E-state index is 10.9. The monoisotopic (exact) mass is 274 g/mol. The SMILES string of the molecule is CCN(CC)c1ccc(-n2ncc(C(=O)O)c2N)cc1. The second-order valence-electron chi connectivity index (χ2n) is 4.35. The highest BCUT2D eigenvalue weighted by atomic mass is 16.4. The first kappa shape index (κ1) is 13.9. The number of hydrogen-bond acceptors (Lipinski definition) is 4. The summed E-state index contributed by atoms with van der Waals surface area (Å²) in [6.07, 6.45) is 1.26. The third-order valence-corrected chi connectivity index (χ3v) is 3.26. The number of aromatic carboxylic acids is 1. The highest BCUT2D eigenvalue weighted by Gasteiger charge is 2.14. The molecule has 6 nitrogen and oxygen atoms in total. The number of rotatable bonds is 5. The number of benzene rings is 1. The van der Waals surface area contributed by atoms with Crippen LogP contribution >= 0.6 is 0 Å². The molecule has 0 bridgehead atoms. The molecule has 0 atom stereocenters. The van der Waals surface area contributed by atoms with Gasteiger partial charge in [0.05, 0.1) is 11.9 Å². The number of carboxylic acids is 1. The molecule has 106 valence electrons. The Bertz CT molecular complexity index is 600. The van der Waals surface area contributed by atoms with Gasteiger partial charge in [-0.05, 0) is 38.1 Å². The topological polar surface area (TPSA) is 84.4 Å². The number of carboxylic acid groups (broad SMARTS) is 1. The van der Waals surface area contributed by atoms with E-state index in [-0.39, 0.29) is 11.4 Å². The van der Waals surface area contributed by atoms with E-state index in [2.05, 4.69) is 23.8 Å². The molecule has 0 radical (unpaired) electrons. The predicted molar refractivity (Wildman–Crippen MR) is 78.5 cm³/mol. The Kier molecular flexibility index (Phi) is 3.93. The van der Waals surface area contributed by atoms with Crippen molar-refractivity contribution in [3.05, 3.63) is 36.0 Å². The molecular weight excluding hydrogens is 256 g/mol. The first-order valence-corrected chi connectivity index (χ1v) is 6.50. The smallest absolute Gasteiger partial charge is 0.341 e. The maximum Gasteiger partial charge on any atom is 0.341 e. The number of carbonyl (C=O) groups is 1. The van der Waals surface area contributed by atoms with Crippen LogP contribution in [0.5, 0.6) is 0 Å². The van der Waals surface area contributed by atoms with Crippen molar-refractivity contribution in [1.82, 2.24) is 9.78 Å². The molecule has 0 spiro atoms. The van der Waals surface area contributed by atoms with Crippen LogP contribution in [0.15, 0.2) is 30.5 Å². The lowest BCUT2D eigenvalue weighted by atomic mass is 10.2. The highest BCUT2D eigenvalue weighted by Crippen LogP contribution is 2.20. The van der Waals surface area contributed by atoms with Gasteiger partial charge in [-0.3, -0.25) is 0 Å². The Morgan fingerprint density at radius 3 is 2.35 bits per heavy atom. The standard InChI is InChI=1S/C14H18N4O2/c1-3-17(4-2)10-5-7-11(8-6-10)18-13(15)12(9-16-18)14(19)20/h5-9H,3-4,15H2,1-2H3,(H,19,20). The van der Waals surface area contributed by atoms with Crippen LogP contribution in [0.4, 0.5) is 11.5 Å². The summed E-state index contributed by atoms with van der Waals surface area (Å²) < 4.78 is 1.43. The van der Waals surface area contributed by atoms with Crippen molar-refractivity contribution in [1.29, 1.82) is 0 Å². The molecule has 20 heavy (non-hydrogen) atoms. The molecule has 0 unspecified atom stereocenters. The molecule has 0 fully saturated rings. The molecule has 0 saturated heterocycles. The average Bonchev–Trinajstić information content (AvgIpc) is 2.83. The zero-order valence-electron chi connectivity index (χ0n) is 11.6. The fourth-order valence-electron chi connectivity index (χ4n) is 2.12. The van der Waals surface area contributed by atoms with Crippen LogP contribution in [0.2, 0.25) is 0 Å². The van der Waals surface area contributed by atoms with Gasteiger partial charge in [0.2, 0.25) is 0 Å². The molecule has 6 heteroatoms. The molecule has 2 aromatic rings. The summed E-state index contributed by atoms with van der Waals surface area (Å²) in [5.41, 5.74) is 7.66. The maximum absolute atomic E-state index is 10.9. The minimum Gasteiger partial charge on any atom is -0.477 e. The van der Waals surface area contributed by atoms with Crippen molar-refractivity contribution in [2.45, 2.75) is 13.8 Å². The van der Waals surface area contributed by atoms with Crippen LogP contribution in [0.25, 0.3) is 5.69 Å². The Morgan fingerprint density at radius 2 is 1.90 bits per heavy atom. The van der Waals surface area contributed by atoms with Gasteiger partial charge in [-0.25, -0.2) is 9.48 Å². The van der Waals surface area contributed by atoms with Gasteiger partial charge in [0, 0.05) is 18.8 Å². The van der Waals surface area contributed by atoms with Crippen LogP contribution in [0, 0.1) is 0 Å². The van der Waals surface area contributed by atoms with E-state index in [1.807, 2.05) is 24.3 Å². The Morgan fingerprint density at radius 1 is 1.30 bits per heavy atom. The zero-order chi connectivity index (χ0) is 14.7. The first-order chi connectivity index (χ1) is 9.58. The van der Waals surface area contributed by atoms with E-state index < -0.39 is 5.97 Å². The molecule has 3 N–H and O–H groups in total. The van der Waals surface area contributed by atoms with Crippen molar-refractivity contribution >= 4 is 17.5 Å². The summed E-state index contributed by atoms with van der Waals surface area (Å²) >= 11 is 0. The lowest BCUT2D eigenvalue weighted by Gasteiger charge is -2.21. The lowest BCUT2D eigenvalue weighted by molar-refractivity contribution is 0.0698. The van der Waals surface area contributed by atoms with E-state index in [0.29, 0.717) is 0 Å². The van der Waals surface area contributed by atoms with Gasteiger partial charge in [-0.15, -0.1) is 0 Å². The second kappa shape index (κ2) is 5.64. The molecule has 0 amide bonds. The summed E-state index contributed by atoms with van der Waals surface area (Å²) in [5.74, 6) is -0.943. The van der Waals surface area contributed by atoms with Crippen molar-refractivity contribution in [2.75, 3.05) is 23.7 Å². The zero-order valence-corrected chi connectivity index (χ0v) is 11.6. The van der Waals surface area contributed by atoms with E-state index in [0.717, 1.165) is 24.5 Å². The van der Waals surface area contributed by atoms with Gasteiger partial charge in [0.25, 0.3) is 0 Å². The number of hydrogen-bond donors (Lipinski definition) is 2. The lowest BCUT2D eigenvalue weighted by Crippen LogP contribution is -2.21. The van der Waals surface area contributed by atoms with E-state index in [1.54, 1.807) is 0 Å².